The van der Waals surface area contributed by atoms with Gasteiger partial charge < -0.3 is 15.0 Å². The largest absolute Gasteiger partial charge is 0.481 e. The van der Waals surface area contributed by atoms with Crippen LogP contribution in [0.4, 0.5) is 17.6 Å². The van der Waals surface area contributed by atoms with E-state index in [1.54, 1.807) is 4.90 Å². The van der Waals surface area contributed by atoms with Gasteiger partial charge in [-0.2, -0.15) is 18.3 Å². The molecule has 2 aromatic heterocycles. The maximum atomic E-state index is 14.3. The van der Waals surface area contributed by atoms with Crippen molar-refractivity contribution < 1.29 is 31.9 Å². The van der Waals surface area contributed by atoms with Crippen LogP contribution in [0.1, 0.15) is 49.0 Å². The number of carbonyl (C=O) groups excluding carboxylic acids is 2. The number of H-pyrrole nitrogens is 1. The second kappa shape index (κ2) is 10.2. The zero-order chi connectivity index (χ0) is 27.2. The number of pyridine rings is 1. The van der Waals surface area contributed by atoms with Gasteiger partial charge in [0, 0.05) is 42.2 Å². The van der Waals surface area contributed by atoms with Gasteiger partial charge >= 0.3 is 6.18 Å². The van der Waals surface area contributed by atoms with Crippen molar-refractivity contribution in [2.45, 2.75) is 68.9 Å². The number of carbonyl (C=O) groups is 2. The Bertz CT molecular complexity index is 1190. The van der Waals surface area contributed by atoms with E-state index in [9.17, 15) is 27.2 Å². The number of nitrogens with zero attached hydrogens (tertiary/aromatic N) is 4. The normalized spacial score (nSPS) is 27.8. The second-order valence-corrected chi connectivity index (χ2v) is 10.4. The average Bonchev–Trinajstić information content (AvgIpc) is 3.45. The lowest BCUT2D eigenvalue weighted by molar-refractivity contribution is -0.188. The number of piperidine rings is 2. The van der Waals surface area contributed by atoms with E-state index in [1.807, 2.05) is 0 Å². The van der Waals surface area contributed by atoms with Gasteiger partial charge in [-0.25, -0.2) is 9.37 Å². The summed E-state index contributed by atoms with van der Waals surface area (Å²) in [5, 5.41) is 9.78. The Kier molecular flexibility index (Phi) is 7.05. The minimum atomic E-state index is -4.28. The number of methoxy groups -OCH3 is 1. The standard InChI is InChI=1S/C25H30F4N6O3/c1-34-12-14(3-6-21(34)25(27,28)29)31-23(36)13-7-15-4-5-16(8-13)35(15)24(37)20-10-19(32-33-20)17-9-22(38-2)30-11-18(17)26/h9-11,13-16,21H,3-8,12H2,1-2H3,(H,31,36)(H,32,33)/t13-,14-,15-,16+,21+/m1/s1. The second-order valence-electron chi connectivity index (χ2n) is 10.4. The van der Waals surface area contributed by atoms with E-state index < -0.39 is 18.0 Å². The fraction of sp³-hybridized carbons (Fsp3) is 0.600. The van der Waals surface area contributed by atoms with Crippen molar-refractivity contribution in [3.05, 3.63) is 29.8 Å². The molecule has 5 heterocycles. The molecule has 0 unspecified atom stereocenters. The van der Waals surface area contributed by atoms with Gasteiger partial charge in [-0.1, -0.05) is 0 Å². The lowest BCUT2D eigenvalue weighted by Crippen LogP contribution is -2.56. The lowest BCUT2D eigenvalue weighted by Gasteiger charge is -2.40. The first-order valence-electron chi connectivity index (χ1n) is 12.7. The van der Waals surface area contributed by atoms with Crippen molar-refractivity contribution in [1.82, 2.24) is 30.3 Å². The number of nitrogens with one attached hydrogen (secondary N) is 2. The first-order valence-corrected chi connectivity index (χ1v) is 12.7. The Morgan fingerprint density at radius 3 is 2.47 bits per heavy atom. The summed E-state index contributed by atoms with van der Waals surface area (Å²) in [5.74, 6) is -1.12. The van der Waals surface area contributed by atoms with E-state index in [1.165, 1.54) is 31.2 Å². The molecule has 2 bridgehead atoms. The van der Waals surface area contributed by atoms with Gasteiger partial charge in [0.15, 0.2) is 11.5 Å². The van der Waals surface area contributed by atoms with Crippen molar-refractivity contribution in [2.75, 3.05) is 20.7 Å². The van der Waals surface area contributed by atoms with Gasteiger partial charge in [-0.05, 0) is 51.6 Å². The molecule has 0 spiro atoms. The Balaban J connectivity index is 1.21. The van der Waals surface area contributed by atoms with Crippen LogP contribution in [0.25, 0.3) is 11.3 Å². The fourth-order valence-electron chi connectivity index (χ4n) is 6.16. The van der Waals surface area contributed by atoms with E-state index in [0.717, 1.165) is 19.0 Å². The first kappa shape index (κ1) is 26.4. The number of fused-ring (bicyclic) bond motifs is 2. The Labute approximate surface area is 216 Å². The summed E-state index contributed by atoms with van der Waals surface area (Å²) in [4.78, 5) is 33.2. The SMILES string of the molecule is COc1cc(-c2cc(C(=O)N3[C@@H]4CC[C@H]3C[C@H](C(=O)N[C@@H]3CC[C@@H](C(F)(F)F)N(C)C3)C4)n[nH]2)c(F)cn1. The number of likely N-dealkylation sites (N-methyl/N-ethyl adjacent to an activating group) is 1. The monoisotopic (exact) mass is 538 g/mol. The van der Waals surface area contributed by atoms with Crippen LogP contribution < -0.4 is 10.1 Å². The molecule has 0 aromatic carbocycles. The number of hydrogen-bond donors (Lipinski definition) is 2. The number of aromatic amines is 1. The number of likely N-dealkylation sites (tertiary alicyclic amines) is 1. The number of amides is 2. The Morgan fingerprint density at radius 2 is 1.84 bits per heavy atom. The highest BCUT2D eigenvalue weighted by Gasteiger charge is 2.47. The van der Waals surface area contributed by atoms with Crippen molar-refractivity contribution in [3.63, 3.8) is 0 Å². The number of aromatic nitrogens is 3. The summed E-state index contributed by atoms with van der Waals surface area (Å²) in [5.41, 5.74) is 0.648. The Hall–Kier alpha value is -3.22. The fourth-order valence-corrected chi connectivity index (χ4v) is 6.16. The number of ether oxygens (including phenoxy) is 1. The zero-order valence-corrected chi connectivity index (χ0v) is 21.1. The molecular formula is C25H30F4N6O3. The molecule has 2 N–H and O–H groups in total. The van der Waals surface area contributed by atoms with Gasteiger partial charge in [-0.3, -0.25) is 19.6 Å². The van der Waals surface area contributed by atoms with E-state index in [4.69, 9.17) is 4.74 Å². The molecular weight excluding hydrogens is 508 g/mol. The van der Waals surface area contributed by atoms with Crippen molar-refractivity contribution in [2.24, 2.45) is 5.92 Å². The summed E-state index contributed by atoms with van der Waals surface area (Å²) in [7, 11) is 2.85. The summed E-state index contributed by atoms with van der Waals surface area (Å²) in [6, 6.07) is 0.806. The van der Waals surface area contributed by atoms with Crippen molar-refractivity contribution in [1.29, 1.82) is 0 Å². The van der Waals surface area contributed by atoms with Crippen molar-refractivity contribution >= 4 is 11.8 Å². The molecule has 3 fully saturated rings. The molecule has 0 saturated carbocycles. The molecule has 3 saturated heterocycles. The molecule has 2 amide bonds. The smallest absolute Gasteiger partial charge is 0.404 e. The maximum absolute atomic E-state index is 14.3. The third-order valence-electron chi connectivity index (χ3n) is 8.02. The highest BCUT2D eigenvalue weighted by molar-refractivity contribution is 5.94. The summed E-state index contributed by atoms with van der Waals surface area (Å²) >= 11 is 0. The lowest BCUT2D eigenvalue weighted by atomic mass is 9.89. The highest BCUT2D eigenvalue weighted by atomic mass is 19.4. The van der Waals surface area contributed by atoms with Gasteiger partial charge in [0.1, 0.15) is 6.04 Å². The molecule has 5 atom stereocenters. The molecule has 13 heteroatoms. The number of alkyl halides is 3. The minimum absolute atomic E-state index is 0.0506. The van der Waals surface area contributed by atoms with Crippen LogP contribution in [0.3, 0.4) is 0 Å². The molecule has 0 aliphatic carbocycles. The minimum Gasteiger partial charge on any atom is -0.481 e. The van der Waals surface area contributed by atoms with Crippen LogP contribution in [0.2, 0.25) is 0 Å². The number of hydrogen-bond acceptors (Lipinski definition) is 6. The molecule has 5 rings (SSSR count). The third kappa shape index (κ3) is 5.07. The van der Waals surface area contributed by atoms with E-state index in [2.05, 4.69) is 20.5 Å². The first-order chi connectivity index (χ1) is 18.0. The van der Waals surface area contributed by atoms with E-state index in [0.29, 0.717) is 18.5 Å². The van der Waals surface area contributed by atoms with Crippen LogP contribution in [0.15, 0.2) is 18.3 Å². The van der Waals surface area contributed by atoms with Gasteiger partial charge in [0.2, 0.25) is 11.8 Å². The van der Waals surface area contributed by atoms with Gasteiger partial charge in [0.25, 0.3) is 5.91 Å². The van der Waals surface area contributed by atoms with Crippen LogP contribution in [0, 0.1) is 11.7 Å². The van der Waals surface area contributed by atoms with Crippen LogP contribution >= 0.6 is 0 Å². The highest BCUT2D eigenvalue weighted by Crippen LogP contribution is 2.40. The number of rotatable bonds is 5. The number of halogens is 4. The quantitative estimate of drug-likeness (QED) is 0.567. The summed E-state index contributed by atoms with van der Waals surface area (Å²) < 4.78 is 58.8. The molecule has 206 valence electrons. The molecule has 38 heavy (non-hydrogen) atoms. The van der Waals surface area contributed by atoms with Crippen molar-refractivity contribution in [3.8, 4) is 17.1 Å². The van der Waals surface area contributed by atoms with Crippen LogP contribution in [-0.4, -0.2) is 87.8 Å². The predicted octanol–water partition coefficient (Wildman–Crippen LogP) is 3.14. The molecule has 2 aromatic rings. The summed E-state index contributed by atoms with van der Waals surface area (Å²) in [6.07, 6.45) is -0.547. The average molecular weight is 539 g/mol. The van der Waals surface area contributed by atoms with Gasteiger partial charge in [-0.15, -0.1) is 0 Å². The zero-order valence-electron chi connectivity index (χ0n) is 21.1. The van der Waals surface area contributed by atoms with Crippen LogP contribution in [0.5, 0.6) is 5.88 Å². The van der Waals surface area contributed by atoms with E-state index in [-0.39, 0.29) is 72.4 Å². The van der Waals surface area contributed by atoms with E-state index >= 15 is 0 Å². The molecule has 9 nitrogen and oxygen atoms in total. The topological polar surface area (TPSA) is 103 Å². The van der Waals surface area contributed by atoms with Gasteiger partial charge in [0.05, 0.1) is 19.0 Å². The molecule has 3 aliphatic heterocycles. The summed E-state index contributed by atoms with van der Waals surface area (Å²) in [6.45, 7) is 0.144. The van der Waals surface area contributed by atoms with Crippen LogP contribution in [-0.2, 0) is 4.79 Å². The predicted molar refractivity (Wildman–Crippen MR) is 128 cm³/mol. The molecule has 3 aliphatic rings. The third-order valence-corrected chi connectivity index (χ3v) is 8.02. The molecule has 0 radical (unpaired) electrons. The Morgan fingerprint density at radius 1 is 1.13 bits per heavy atom. The maximum Gasteiger partial charge on any atom is 0.404 e.